The maximum Gasteiger partial charge on any atom is 0.413 e. The van der Waals surface area contributed by atoms with Crippen molar-refractivity contribution in [2.45, 2.75) is 12.7 Å². The van der Waals surface area contributed by atoms with Gasteiger partial charge in [0.1, 0.15) is 5.82 Å². The average molecular weight is 248 g/mol. The second-order valence-corrected chi connectivity index (χ2v) is 3.14. The van der Waals surface area contributed by atoms with Crippen molar-refractivity contribution in [1.82, 2.24) is 5.48 Å². The number of halogens is 4. The number of benzene rings is 1. The van der Waals surface area contributed by atoms with Crippen molar-refractivity contribution in [2.24, 2.45) is 0 Å². The van der Waals surface area contributed by atoms with E-state index in [-0.39, 0.29) is 17.7 Å². The first-order chi connectivity index (χ1) is 7.92. The quantitative estimate of drug-likeness (QED) is 0.505. The van der Waals surface area contributed by atoms with Crippen LogP contribution in [0.25, 0.3) is 0 Å². The highest BCUT2D eigenvalue weighted by Crippen LogP contribution is 2.14. The van der Waals surface area contributed by atoms with Crippen molar-refractivity contribution in [3.63, 3.8) is 0 Å². The van der Waals surface area contributed by atoms with E-state index in [0.717, 1.165) is 6.07 Å². The van der Waals surface area contributed by atoms with Crippen LogP contribution in [0, 0.1) is 17.1 Å². The van der Waals surface area contributed by atoms with Gasteiger partial charge in [0.25, 0.3) is 0 Å². The Morgan fingerprint density at radius 3 is 2.65 bits per heavy atom. The first-order valence-corrected chi connectivity index (χ1v) is 4.52. The summed E-state index contributed by atoms with van der Waals surface area (Å²) in [6.07, 6.45) is -4.44. The molecule has 0 heterocycles. The summed E-state index contributed by atoms with van der Waals surface area (Å²) in [4.78, 5) is 4.11. The Kier molecular flexibility index (Phi) is 4.43. The Labute approximate surface area is 94.6 Å². The summed E-state index contributed by atoms with van der Waals surface area (Å²) in [7, 11) is 0. The molecule has 0 fully saturated rings. The van der Waals surface area contributed by atoms with Gasteiger partial charge >= 0.3 is 6.18 Å². The van der Waals surface area contributed by atoms with Crippen molar-refractivity contribution >= 4 is 0 Å². The molecule has 3 nitrogen and oxygen atoms in total. The standard InChI is InChI=1S/C10H8F4N2O/c11-9-2-1-7(4-15)3-8(9)5-16-17-6-10(12,13)14/h1-3,16H,5-6H2. The average Bonchev–Trinajstić information content (AvgIpc) is 2.25. The molecule has 7 heteroatoms. The van der Waals surface area contributed by atoms with E-state index in [2.05, 4.69) is 4.84 Å². The van der Waals surface area contributed by atoms with E-state index in [1.54, 1.807) is 6.07 Å². The molecule has 0 aliphatic carbocycles. The number of rotatable bonds is 4. The van der Waals surface area contributed by atoms with Crippen molar-refractivity contribution in [3.8, 4) is 6.07 Å². The summed E-state index contributed by atoms with van der Waals surface area (Å²) in [5.74, 6) is -0.618. The van der Waals surface area contributed by atoms with Gasteiger partial charge in [-0.05, 0) is 18.2 Å². The van der Waals surface area contributed by atoms with Crippen LogP contribution in [0.2, 0.25) is 0 Å². The molecule has 0 bridgehead atoms. The second-order valence-electron chi connectivity index (χ2n) is 3.14. The Hall–Kier alpha value is -1.65. The molecule has 17 heavy (non-hydrogen) atoms. The van der Waals surface area contributed by atoms with Crippen LogP contribution in [-0.2, 0) is 11.4 Å². The fraction of sp³-hybridized carbons (Fsp3) is 0.300. The molecule has 1 N–H and O–H groups in total. The van der Waals surface area contributed by atoms with Crippen LogP contribution in [0.1, 0.15) is 11.1 Å². The smallest absolute Gasteiger partial charge is 0.292 e. The molecule has 0 radical (unpaired) electrons. The van der Waals surface area contributed by atoms with Crippen LogP contribution in [-0.4, -0.2) is 12.8 Å². The SMILES string of the molecule is N#Cc1ccc(F)c(CNOCC(F)(F)F)c1. The van der Waals surface area contributed by atoms with Crippen molar-refractivity contribution in [1.29, 1.82) is 5.26 Å². The minimum absolute atomic E-state index is 0.0613. The van der Waals surface area contributed by atoms with E-state index in [9.17, 15) is 17.6 Å². The number of alkyl halides is 3. The summed E-state index contributed by atoms with van der Waals surface area (Å²) in [6.45, 7) is -1.72. The fourth-order valence-corrected chi connectivity index (χ4v) is 1.04. The molecule has 0 atom stereocenters. The van der Waals surface area contributed by atoms with Crippen LogP contribution in [0.4, 0.5) is 17.6 Å². The highest BCUT2D eigenvalue weighted by molar-refractivity contribution is 5.33. The lowest BCUT2D eigenvalue weighted by Crippen LogP contribution is -2.24. The summed E-state index contributed by atoms with van der Waals surface area (Å²) >= 11 is 0. The number of nitrogens with one attached hydrogen (secondary N) is 1. The molecule has 0 aromatic heterocycles. The lowest BCUT2D eigenvalue weighted by Gasteiger charge is -2.09. The van der Waals surface area contributed by atoms with E-state index in [4.69, 9.17) is 5.26 Å². The van der Waals surface area contributed by atoms with E-state index in [1.807, 2.05) is 5.48 Å². The Bertz CT molecular complexity index is 425. The van der Waals surface area contributed by atoms with Gasteiger partial charge in [0, 0.05) is 12.1 Å². The molecule has 0 aliphatic rings. The highest BCUT2D eigenvalue weighted by Gasteiger charge is 2.27. The largest absolute Gasteiger partial charge is 0.413 e. The van der Waals surface area contributed by atoms with Crippen LogP contribution in [0.3, 0.4) is 0 Å². The van der Waals surface area contributed by atoms with Crippen LogP contribution in [0.15, 0.2) is 18.2 Å². The molecule has 1 aromatic rings. The zero-order valence-corrected chi connectivity index (χ0v) is 8.51. The topological polar surface area (TPSA) is 45.0 Å². The van der Waals surface area contributed by atoms with Gasteiger partial charge in [-0.15, -0.1) is 0 Å². The second kappa shape index (κ2) is 5.61. The molecule has 0 spiro atoms. The number of nitriles is 1. The van der Waals surface area contributed by atoms with Gasteiger partial charge in [0.15, 0.2) is 6.61 Å². The van der Waals surface area contributed by atoms with E-state index >= 15 is 0 Å². The molecule has 1 aromatic carbocycles. The predicted octanol–water partition coefficient (Wildman–Crippen LogP) is 2.28. The zero-order chi connectivity index (χ0) is 12.9. The van der Waals surface area contributed by atoms with Gasteiger partial charge in [-0.1, -0.05) is 0 Å². The van der Waals surface area contributed by atoms with Crippen LogP contribution >= 0.6 is 0 Å². The van der Waals surface area contributed by atoms with Crippen molar-refractivity contribution < 1.29 is 22.4 Å². The molecular formula is C10H8F4N2O. The summed E-state index contributed by atoms with van der Waals surface area (Å²) in [5.41, 5.74) is 2.26. The highest BCUT2D eigenvalue weighted by atomic mass is 19.4. The molecule has 92 valence electrons. The molecule has 0 unspecified atom stereocenters. The Balaban J connectivity index is 2.49. The van der Waals surface area contributed by atoms with Gasteiger partial charge in [0.2, 0.25) is 0 Å². The van der Waals surface area contributed by atoms with Crippen molar-refractivity contribution in [3.05, 3.63) is 35.1 Å². The normalized spacial score (nSPS) is 11.2. The van der Waals surface area contributed by atoms with Gasteiger partial charge in [-0.25, -0.2) is 4.39 Å². The molecular weight excluding hydrogens is 240 g/mol. The van der Waals surface area contributed by atoms with Gasteiger partial charge in [-0.3, -0.25) is 4.84 Å². The first-order valence-electron chi connectivity index (χ1n) is 4.52. The Morgan fingerprint density at radius 2 is 2.06 bits per heavy atom. The summed E-state index contributed by atoms with van der Waals surface area (Å²) in [5, 5.41) is 8.56. The monoisotopic (exact) mass is 248 g/mol. The van der Waals surface area contributed by atoms with Gasteiger partial charge < -0.3 is 0 Å². The third kappa shape index (κ3) is 4.80. The molecule has 1 rings (SSSR count). The molecule has 0 aliphatic heterocycles. The first kappa shape index (κ1) is 13.4. The minimum Gasteiger partial charge on any atom is -0.292 e. The predicted molar refractivity (Wildman–Crippen MR) is 50.0 cm³/mol. The number of hydrogen-bond donors (Lipinski definition) is 1. The van der Waals surface area contributed by atoms with Crippen LogP contribution < -0.4 is 5.48 Å². The third-order valence-corrected chi connectivity index (χ3v) is 1.78. The minimum atomic E-state index is -4.44. The molecule has 0 amide bonds. The summed E-state index contributed by atoms with van der Waals surface area (Å²) in [6, 6.07) is 5.37. The lowest BCUT2D eigenvalue weighted by atomic mass is 10.1. The zero-order valence-electron chi connectivity index (χ0n) is 8.51. The van der Waals surface area contributed by atoms with Crippen LogP contribution in [0.5, 0.6) is 0 Å². The summed E-state index contributed by atoms with van der Waals surface area (Å²) < 4.78 is 48.2. The third-order valence-electron chi connectivity index (χ3n) is 1.78. The maximum absolute atomic E-state index is 13.1. The van der Waals surface area contributed by atoms with Crippen molar-refractivity contribution in [2.75, 3.05) is 6.61 Å². The maximum atomic E-state index is 13.1. The number of hydrogen-bond acceptors (Lipinski definition) is 3. The van der Waals surface area contributed by atoms with E-state index < -0.39 is 18.6 Å². The number of hydroxylamine groups is 1. The molecule has 0 saturated heterocycles. The van der Waals surface area contributed by atoms with Gasteiger partial charge in [-0.2, -0.15) is 23.9 Å². The number of nitrogens with zero attached hydrogens (tertiary/aromatic N) is 1. The Morgan fingerprint density at radius 1 is 1.35 bits per heavy atom. The fourth-order valence-electron chi connectivity index (χ4n) is 1.04. The van der Waals surface area contributed by atoms with Gasteiger partial charge in [0.05, 0.1) is 11.6 Å². The molecule has 0 saturated carbocycles. The van der Waals surface area contributed by atoms with E-state index in [0.29, 0.717) is 0 Å². The lowest BCUT2D eigenvalue weighted by molar-refractivity contribution is -0.190. The van der Waals surface area contributed by atoms with E-state index in [1.165, 1.54) is 12.1 Å².